The van der Waals surface area contributed by atoms with Gasteiger partial charge >= 0.3 is 5.97 Å². The Morgan fingerprint density at radius 2 is 2.25 bits per heavy atom. The van der Waals surface area contributed by atoms with Gasteiger partial charge in [0.25, 0.3) is 5.91 Å². The molecule has 0 aliphatic rings. The zero-order valence-corrected chi connectivity index (χ0v) is 9.34. The summed E-state index contributed by atoms with van der Waals surface area (Å²) in [5, 5.41) is 13.1. The number of allylic oxidation sites excluding steroid dienone is 1. The lowest BCUT2D eigenvalue weighted by molar-refractivity contribution is -0.146. The Morgan fingerprint density at radius 1 is 1.56 bits per heavy atom. The third-order valence-electron chi connectivity index (χ3n) is 1.67. The van der Waals surface area contributed by atoms with Crippen LogP contribution in [0.25, 0.3) is 0 Å². The Morgan fingerprint density at radius 3 is 2.75 bits per heavy atom. The van der Waals surface area contributed by atoms with E-state index >= 15 is 0 Å². The molecule has 1 amide bonds. The van der Waals surface area contributed by atoms with E-state index in [1.807, 2.05) is 0 Å². The van der Waals surface area contributed by atoms with Gasteiger partial charge in [-0.2, -0.15) is 0 Å². The number of nitrogens with one attached hydrogen (secondary N) is 1. The number of nitrogens with zero attached hydrogens (tertiary/aromatic N) is 1. The molecule has 1 atom stereocenters. The van der Waals surface area contributed by atoms with E-state index in [0.29, 0.717) is 12.6 Å². The molecule has 0 radical (unpaired) electrons. The standard InChI is InChI=1S/C10H16N2O4/c1-3-5-6-8(10(14)16-4-2)12-9(13)7-11-15/h3,5,7-8,15H,4,6H2,1-2H3,(H,12,13)/b5-3-,11-7+. The van der Waals surface area contributed by atoms with Gasteiger partial charge in [-0.1, -0.05) is 17.3 Å². The van der Waals surface area contributed by atoms with Crippen LogP contribution in [0.1, 0.15) is 20.3 Å². The first kappa shape index (κ1) is 14.2. The number of oxime groups is 1. The fourth-order valence-corrected chi connectivity index (χ4v) is 0.991. The third-order valence-corrected chi connectivity index (χ3v) is 1.67. The van der Waals surface area contributed by atoms with Crippen molar-refractivity contribution in [2.24, 2.45) is 5.16 Å². The highest BCUT2D eigenvalue weighted by atomic mass is 16.5. The van der Waals surface area contributed by atoms with E-state index < -0.39 is 17.9 Å². The molecule has 0 aliphatic carbocycles. The molecular formula is C10H16N2O4. The number of carbonyl (C=O) groups excluding carboxylic acids is 2. The van der Waals surface area contributed by atoms with Crippen molar-refractivity contribution in [3.05, 3.63) is 12.2 Å². The quantitative estimate of drug-likeness (QED) is 0.227. The normalized spacial score (nSPS) is 12.9. The lowest BCUT2D eigenvalue weighted by Crippen LogP contribution is -2.42. The molecule has 0 heterocycles. The first-order chi connectivity index (χ1) is 7.65. The van der Waals surface area contributed by atoms with Crippen molar-refractivity contribution in [3.63, 3.8) is 0 Å². The van der Waals surface area contributed by atoms with Crippen LogP contribution >= 0.6 is 0 Å². The van der Waals surface area contributed by atoms with Crippen molar-refractivity contribution in [1.29, 1.82) is 0 Å². The summed E-state index contributed by atoms with van der Waals surface area (Å²) >= 11 is 0. The molecule has 0 aromatic rings. The number of ether oxygens (including phenoxy) is 1. The van der Waals surface area contributed by atoms with Crippen molar-refractivity contribution in [2.75, 3.05) is 6.61 Å². The minimum Gasteiger partial charge on any atom is -0.464 e. The monoisotopic (exact) mass is 228 g/mol. The number of hydrogen-bond donors (Lipinski definition) is 2. The summed E-state index contributed by atoms with van der Waals surface area (Å²) in [6.07, 6.45) is 4.51. The van der Waals surface area contributed by atoms with Gasteiger partial charge < -0.3 is 15.3 Å². The highest BCUT2D eigenvalue weighted by molar-refractivity contribution is 6.26. The van der Waals surface area contributed by atoms with Crippen molar-refractivity contribution in [3.8, 4) is 0 Å². The summed E-state index contributed by atoms with van der Waals surface area (Å²) < 4.78 is 4.79. The molecule has 0 rings (SSSR count). The van der Waals surface area contributed by atoms with Gasteiger partial charge in [0.05, 0.1) is 6.61 Å². The van der Waals surface area contributed by atoms with Crippen LogP contribution in [-0.2, 0) is 14.3 Å². The predicted octanol–water partition coefficient (Wildman–Crippen LogP) is 0.460. The van der Waals surface area contributed by atoms with E-state index in [4.69, 9.17) is 9.94 Å². The van der Waals surface area contributed by atoms with Crippen molar-refractivity contribution in [1.82, 2.24) is 5.32 Å². The summed E-state index contributed by atoms with van der Waals surface area (Å²) in [5.74, 6) is -1.16. The molecule has 16 heavy (non-hydrogen) atoms. The molecule has 0 bridgehead atoms. The van der Waals surface area contributed by atoms with E-state index in [0.717, 1.165) is 0 Å². The molecule has 0 spiro atoms. The van der Waals surface area contributed by atoms with E-state index in [1.54, 1.807) is 26.0 Å². The number of esters is 1. The van der Waals surface area contributed by atoms with Crippen LogP contribution in [0, 0.1) is 0 Å². The first-order valence-corrected chi connectivity index (χ1v) is 4.91. The Balaban J connectivity index is 4.41. The summed E-state index contributed by atoms with van der Waals surface area (Å²) in [6, 6.07) is -0.762. The van der Waals surface area contributed by atoms with Gasteiger partial charge in [-0.15, -0.1) is 0 Å². The number of carbonyl (C=O) groups is 2. The van der Waals surface area contributed by atoms with Crippen LogP contribution in [0.2, 0.25) is 0 Å². The van der Waals surface area contributed by atoms with Crippen LogP contribution in [0.5, 0.6) is 0 Å². The van der Waals surface area contributed by atoms with Crippen molar-refractivity contribution in [2.45, 2.75) is 26.3 Å². The molecule has 0 aromatic carbocycles. The van der Waals surface area contributed by atoms with Gasteiger partial charge in [-0.05, 0) is 20.3 Å². The minimum absolute atomic E-state index is 0.245. The van der Waals surface area contributed by atoms with Gasteiger partial charge in [0.1, 0.15) is 12.3 Å². The van der Waals surface area contributed by atoms with Crippen molar-refractivity contribution < 1.29 is 19.5 Å². The van der Waals surface area contributed by atoms with E-state index in [1.165, 1.54) is 0 Å². The Bertz CT molecular complexity index is 287. The van der Waals surface area contributed by atoms with Gasteiger partial charge in [-0.25, -0.2) is 4.79 Å². The molecule has 0 aliphatic heterocycles. The lowest BCUT2D eigenvalue weighted by Gasteiger charge is -2.13. The van der Waals surface area contributed by atoms with E-state index in [9.17, 15) is 9.59 Å². The molecule has 6 nitrogen and oxygen atoms in total. The second-order valence-corrected chi connectivity index (χ2v) is 2.86. The van der Waals surface area contributed by atoms with Crippen molar-refractivity contribution >= 4 is 18.1 Å². The SMILES string of the molecule is C/C=C\CC(NC(=O)/C=N/O)C(=O)OCC. The number of hydrogen-bond acceptors (Lipinski definition) is 5. The summed E-state index contributed by atoms with van der Waals surface area (Å²) in [5.41, 5.74) is 0. The smallest absolute Gasteiger partial charge is 0.328 e. The van der Waals surface area contributed by atoms with Gasteiger partial charge in [-0.3, -0.25) is 4.79 Å². The average molecular weight is 228 g/mol. The van der Waals surface area contributed by atoms with Crippen LogP contribution in [0.15, 0.2) is 17.3 Å². The van der Waals surface area contributed by atoms with Gasteiger partial charge in [0.2, 0.25) is 0 Å². The average Bonchev–Trinajstić information content (AvgIpc) is 2.24. The Labute approximate surface area is 94.0 Å². The molecule has 6 heteroatoms. The Kier molecular flexibility index (Phi) is 7.48. The van der Waals surface area contributed by atoms with Gasteiger partial charge in [0.15, 0.2) is 0 Å². The minimum atomic E-state index is -0.762. The molecule has 1 unspecified atom stereocenters. The molecular weight excluding hydrogens is 212 g/mol. The predicted molar refractivity (Wildman–Crippen MR) is 58.3 cm³/mol. The van der Waals surface area contributed by atoms with Crippen LogP contribution in [0.4, 0.5) is 0 Å². The highest BCUT2D eigenvalue weighted by Crippen LogP contribution is 1.97. The largest absolute Gasteiger partial charge is 0.464 e. The van der Waals surface area contributed by atoms with Crippen LogP contribution in [0.3, 0.4) is 0 Å². The molecule has 0 saturated carbocycles. The van der Waals surface area contributed by atoms with Crippen LogP contribution in [-0.4, -0.2) is 35.9 Å². The maximum Gasteiger partial charge on any atom is 0.328 e. The van der Waals surface area contributed by atoms with Crippen LogP contribution < -0.4 is 5.32 Å². The second kappa shape index (κ2) is 8.46. The molecule has 2 N–H and O–H groups in total. The first-order valence-electron chi connectivity index (χ1n) is 4.91. The third kappa shape index (κ3) is 5.79. The molecule has 0 aromatic heterocycles. The maximum atomic E-state index is 11.4. The molecule has 0 saturated heterocycles. The van der Waals surface area contributed by atoms with Gasteiger partial charge in [0, 0.05) is 0 Å². The lowest BCUT2D eigenvalue weighted by atomic mass is 10.2. The zero-order chi connectivity index (χ0) is 12.4. The fraction of sp³-hybridized carbons (Fsp3) is 0.500. The number of amides is 1. The fourth-order valence-electron chi connectivity index (χ4n) is 0.991. The molecule has 90 valence electrons. The summed E-state index contributed by atoms with van der Waals surface area (Å²) in [7, 11) is 0. The molecule has 0 fully saturated rings. The maximum absolute atomic E-state index is 11.4. The summed E-state index contributed by atoms with van der Waals surface area (Å²) in [6.45, 7) is 3.73. The second-order valence-electron chi connectivity index (χ2n) is 2.86. The highest BCUT2D eigenvalue weighted by Gasteiger charge is 2.19. The van der Waals surface area contributed by atoms with E-state index in [-0.39, 0.29) is 6.61 Å². The number of rotatable bonds is 6. The summed E-state index contributed by atoms with van der Waals surface area (Å²) in [4.78, 5) is 22.5. The van der Waals surface area contributed by atoms with E-state index in [2.05, 4.69) is 10.5 Å². The zero-order valence-electron chi connectivity index (χ0n) is 9.34. The Hall–Kier alpha value is -1.85. The topological polar surface area (TPSA) is 88.0 Å².